The van der Waals surface area contributed by atoms with E-state index in [1.165, 1.54) is 30.6 Å². The third-order valence-corrected chi connectivity index (χ3v) is 6.42. The van der Waals surface area contributed by atoms with Crippen molar-refractivity contribution in [2.24, 2.45) is 17.8 Å². The number of hydrogen-bond donors (Lipinski definition) is 0. The van der Waals surface area contributed by atoms with Gasteiger partial charge in [-0.05, 0) is 55.6 Å². The number of halogens is 2. The van der Waals surface area contributed by atoms with Crippen molar-refractivity contribution < 1.29 is 0 Å². The fourth-order valence-corrected chi connectivity index (χ4v) is 4.65. The van der Waals surface area contributed by atoms with Crippen molar-refractivity contribution in [2.45, 2.75) is 44.4 Å². The molecule has 2 rings (SSSR count). The van der Waals surface area contributed by atoms with Crippen LogP contribution in [0.5, 0.6) is 0 Å². The lowest BCUT2D eigenvalue weighted by atomic mass is 9.75. The molecule has 1 saturated carbocycles. The Kier molecular flexibility index (Phi) is 4.96. The van der Waals surface area contributed by atoms with Crippen molar-refractivity contribution in [1.82, 2.24) is 0 Å². The largest absolute Gasteiger partial charge is 0.128 e. The Morgan fingerprint density at radius 1 is 1.41 bits per heavy atom. The van der Waals surface area contributed by atoms with E-state index in [-0.39, 0.29) is 0 Å². The molecule has 0 bridgehead atoms. The second-order valence-corrected chi connectivity index (χ2v) is 8.48. The molecule has 1 aliphatic carbocycles. The summed E-state index contributed by atoms with van der Waals surface area (Å²) in [5.74, 6) is 2.51. The van der Waals surface area contributed by atoms with Crippen LogP contribution in [0, 0.1) is 17.8 Å². The summed E-state index contributed by atoms with van der Waals surface area (Å²) in [6.45, 7) is 4.72. The average molecular weight is 336 g/mol. The summed E-state index contributed by atoms with van der Waals surface area (Å²) in [5, 5.41) is 0. The summed E-state index contributed by atoms with van der Waals surface area (Å²) in [5.41, 5.74) is 0. The summed E-state index contributed by atoms with van der Waals surface area (Å²) < 4.78 is 0.919. The maximum Gasteiger partial charge on any atom is 0.0931 e. The second kappa shape index (κ2) is 6.08. The van der Waals surface area contributed by atoms with Crippen LogP contribution in [-0.4, -0.2) is 4.83 Å². The molecule has 0 N–H and O–H groups in total. The van der Waals surface area contributed by atoms with Gasteiger partial charge >= 0.3 is 0 Å². The predicted molar refractivity (Wildman–Crippen MR) is 81.4 cm³/mol. The SMILES string of the molecule is CC(C)C1CCC(Br)C(Cc2ccc(Cl)s2)C1. The van der Waals surface area contributed by atoms with E-state index < -0.39 is 0 Å². The average Bonchev–Trinajstić information content (AvgIpc) is 2.67. The minimum Gasteiger partial charge on any atom is -0.128 e. The number of alkyl halides is 1. The molecule has 0 spiro atoms. The highest BCUT2D eigenvalue weighted by atomic mass is 79.9. The van der Waals surface area contributed by atoms with Gasteiger partial charge in [-0.3, -0.25) is 0 Å². The number of hydrogen-bond acceptors (Lipinski definition) is 1. The van der Waals surface area contributed by atoms with Crippen LogP contribution in [0.1, 0.15) is 38.0 Å². The number of rotatable bonds is 3. The van der Waals surface area contributed by atoms with Crippen molar-refractivity contribution in [3.05, 3.63) is 21.3 Å². The summed E-state index contributed by atoms with van der Waals surface area (Å²) in [4.78, 5) is 2.13. The molecule has 0 aromatic carbocycles. The van der Waals surface area contributed by atoms with Crippen molar-refractivity contribution in [3.63, 3.8) is 0 Å². The first-order valence-corrected chi connectivity index (χ1v) is 8.55. The minimum absolute atomic E-state index is 0.693. The molecule has 96 valence electrons. The molecule has 0 aliphatic heterocycles. The van der Waals surface area contributed by atoms with E-state index in [9.17, 15) is 0 Å². The second-order valence-electron chi connectivity index (χ2n) is 5.50. The van der Waals surface area contributed by atoms with Gasteiger partial charge in [0, 0.05) is 9.70 Å². The van der Waals surface area contributed by atoms with E-state index in [1.807, 2.05) is 6.07 Å². The van der Waals surface area contributed by atoms with Gasteiger partial charge in [0.15, 0.2) is 0 Å². The fourth-order valence-electron chi connectivity index (χ4n) is 2.80. The van der Waals surface area contributed by atoms with Crippen LogP contribution in [0.4, 0.5) is 0 Å². The van der Waals surface area contributed by atoms with Gasteiger partial charge in [0.2, 0.25) is 0 Å². The molecule has 1 fully saturated rings. The van der Waals surface area contributed by atoms with Gasteiger partial charge in [-0.25, -0.2) is 0 Å². The summed E-state index contributed by atoms with van der Waals surface area (Å²) >= 11 is 11.6. The molecule has 0 nitrogen and oxygen atoms in total. The molecule has 1 aliphatic rings. The van der Waals surface area contributed by atoms with Gasteiger partial charge in [-0.1, -0.05) is 41.4 Å². The van der Waals surface area contributed by atoms with E-state index >= 15 is 0 Å². The Hall–Kier alpha value is 0.470. The van der Waals surface area contributed by atoms with Crippen molar-refractivity contribution in [3.8, 4) is 0 Å². The summed E-state index contributed by atoms with van der Waals surface area (Å²) in [6, 6.07) is 4.21. The lowest BCUT2D eigenvalue weighted by molar-refractivity contribution is 0.223. The lowest BCUT2D eigenvalue weighted by Gasteiger charge is -2.35. The summed E-state index contributed by atoms with van der Waals surface area (Å²) in [6.07, 6.45) is 5.27. The molecule has 17 heavy (non-hydrogen) atoms. The third-order valence-electron chi connectivity index (χ3n) is 3.97. The summed E-state index contributed by atoms with van der Waals surface area (Å²) in [7, 11) is 0. The fraction of sp³-hybridized carbons (Fsp3) is 0.714. The minimum atomic E-state index is 0.693. The van der Waals surface area contributed by atoms with Crippen LogP contribution >= 0.6 is 38.9 Å². The van der Waals surface area contributed by atoms with E-state index in [0.717, 1.165) is 22.1 Å². The van der Waals surface area contributed by atoms with Crippen LogP contribution in [0.2, 0.25) is 4.34 Å². The van der Waals surface area contributed by atoms with E-state index in [0.29, 0.717) is 4.83 Å². The molecular weight excluding hydrogens is 316 g/mol. The molecule has 1 aromatic heterocycles. The Labute approximate surface area is 122 Å². The van der Waals surface area contributed by atoms with Gasteiger partial charge < -0.3 is 0 Å². The van der Waals surface area contributed by atoms with E-state index in [1.54, 1.807) is 11.3 Å². The maximum absolute atomic E-state index is 6.00. The Balaban J connectivity index is 1.98. The lowest BCUT2D eigenvalue weighted by Crippen LogP contribution is -2.28. The molecular formula is C14H20BrClS. The Morgan fingerprint density at radius 2 is 2.18 bits per heavy atom. The molecule has 1 aromatic rings. The zero-order valence-corrected chi connectivity index (χ0v) is 13.6. The van der Waals surface area contributed by atoms with Crippen molar-refractivity contribution in [1.29, 1.82) is 0 Å². The van der Waals surface area contributed by atoms with Gasteiger partial charge in [-0.15, -0.1) is 11.3 Å². The van der Waals surface area contributed by atoms with Crippen LogP contribution in [0.25, 0.3) is 0 Å². The molecule has 0 amide bonds. The van der Waals surface area contributed by atoms with Gasteiger partial charge in [0.25, 0.3) is 0 Å². The maximum atomic E-state index is 6.00. The zero-order valence-electron chi connectivity index (χ0n) is 10.5. The highest BCUT2D eigenvalue weighted by Gasteiger charge is 2.30. The zero-order chi connectivity index (χ0) is 12.4. The molecule has 1 heterocycles. The van der Waals surface area contributed by atoms with Crippen LogP contribution < -0.4 is 0 Å². The highest BCUT2D eigenvalue weighted by molar-refractivity contribution is 9.09. The topological polar surface area (TPSA) is 0 Å². The van der Waals surface area contributed by atoms with Crippen LogP contribution in [0.3, 0.4) is 0 Å². The molecule has 3 unspecified atom stereocenters. The first kappa shape index (κ1) is 13.9. The standard InChI is InChI=1S/C14H20BrClS/c1-9(2)10-3-5-13(15)11(7-10)8-12-4-6-14(16)17-12/h4,6,9-11,13H,3,5,7-8H2,1-2H3. The molecule has 3 heteroatoms. The molecule has 0 radical (unpaired) electrons. The normalized spacial score (nSPS) is 29.8. The quantitative estimate of drug-likeness (QED) is 0.614. The van der Waals surface area contributed by atoms with Crippen molar-refractivity contribution in [2.75, 3.05) is 0 Å². The monoisotopic (exact) mass is 334 g/mol. The smallest absolute Gasteiger partial charge is 0.0931 e. The number of thiophene rings is 1. The van der Waals surface area contributed by atoms with Gasteiger partial charge in [-0.2, -0.15) is 0 Å². The van der Waals surface area contributed by atoms with Gasteiger partial charge in [0.05, 0.1) is 4.34 Å². The van der Waals surface area contributed by atoms with Crippen LogP contribution in [0.15, 0.2) is 12.1 Å². The van der Waals surface area contributed by atoms with E-state index in [4.69, 9.17) is 11.6 Å². The predicted octanol–water partition coefficient (Wildman–Crippen LogP) is 5.78. The first-order valence-electron chi connectivity index (χ1n) is 6.44. The molecule has 0 saturated heterocycles. The van der Waals surface area contributed by atoms with Gasteiger partial charge in [0.1, 0.15) is 0 Å². The Morgan fingerprint density at radius 3 is 2.76 bits per heavy atom. The third kappa shape index (κ3) is 3.71. The highest BCUT2D eigenvalue weighted by Crippen LogP contribution is 2.39. The van der Waals surface area contributed by atoms with Crippen LogP contribution in [-0.2, 0) is 6.42 Å². The molecule has 3 atom stereocenters. The van der Waals surface area contributed by atoms with E-state index in [2.05, 4.69) is 35.8 Å². The first-order chi connectivity index (χ1) is 8.06. The van der Waals surface area contributed by atoms with Crippen molar-refractivity contribution >= 4 is 38.9 Å². The Bertz CT molecular complexity index is 361.